The molecule has 1 aromatic carbocycles. The van der Waals surface area contributed by atoms with Gasteiger partial charge in [-0.05, 0) is 18.6 Å². The summed E-state index contributed by atoms with van der Waals surface area (Å²) in [6, 6.07) is 7.33. The Labute approximate surface area is 115 Å². The molecule has 3 nitrogen and oxygen atoms in total. The highest BCUT2D eigenvalue weighted by atomic mass is 28.3. The minimum absolute atomic E-state index is 0.405. The first-order chi connectivity index (χ1) is 9.07. The van der Waals surface area contributed by atoms with Gasteiger partial charge >= 0.3 is 5.97 Å². The van der Waals surface area contributed by atoms with Crippen LogP contribution in [0.5, 0.6) is 0 Å². The van der Waals surface area contributed by atoms with Crippen molar-refractivity contribution < 1.29 is 14.6 Å². The van der Waals surface area contributed by atoms with Crippen LogP contribution in [0.2, 0.25) is 6.55 Å². The summed E-state index contributed by atoms with van der Waals surface area (Å²) < 4.78 is 0. The zero-order valence-corrected chi connectivity index (χ0v) is 12.5. The molecule has 4 heteroatoms. The smallest absolute Gasteiger partial charge is 0.293 e. The standard InChI is InChI=1S/C15H20O3Si/c1-5-12-17-18-15(16)13-8-10-14(11-9-13)19(4,6-2)7-3/h6-11H,2-3,5,12H2,1,4H3. The molecule has 0 unspecified atom stereocenters. The van der Waals surface area contributed by atoms with E-state index in [9.17, 15) is 4.79 Å². The molecule has 102 valence electrons. The Kier molecular flexibility index (Phi) is 5.73. The van der Waals surface area contributed by atoms with Crippen LogP contribution in [-0.4, -0.2) is 20.7 Å². The van der Waals surface area contributed by atoms with E-state index < -0.39 is 14.0 Å². The molecule has 0 saturated heterocycles. The number of carbonyl (C=O) groups is 1. The van der Waals surface area contributed by atoms with Gasteiger partial charge in [-0.25, -0.2) is 4.79 Å². The van der Waals surface area contributed by atoms with Gasteiger partial charge in [-0.1, -0.05) is 42.2 Å². The van der Waals surface area contributed by atoms with Gasteiger partial charge in [-0.2, -0.15) is 4.89 Å². The van der Waals surface area contributed by atoms with E-state index in [0.29, 0.717) is 12.2 Å². The number of hydrogen-bond acceptors (Lipinski definition) is 3. The lowest BCUT2D eigenvalue weighted by Crippen LogP contribution is -2.40. The van der Waals surface area contributed by atoms with E-state index in [1.54, 1.807) is 12.1 Å². The van der Waals surface area contributed by atoms with Gasteiger partial charge < -0.3 is 0 Å². The largest absolute Gasteiger partial charge is 0.373 e. The Hall–Kier alpha value is -1.65. The van der Waals surface area contributed by atoms with Crippen molar-refractivity contribution in [1.82, 2.24) is 0 Å². The minimum Gasteiger partial charge on any atom is -0.293 e. The van der Waals surface area contributed by atoms with Crippen LogP contribution in [0.4, 0.5) is 0 Å². The van der Waals surface area contributed by atoms with E-state index in [-0.39, 0.29) is 0 Å². The van der Waals surface area contributed by atoms with Crippen LogP contribution in [0.3, 0.4) is 0 Å². The molecule has 0 heterocycles. The number of benzene rings is 1. The van der Waals surface area contributed by atoms with Gasteiger partial charge in [0.05, 0.1) is 12.2 Å². The minimum atomic E-state index is -1.82. The predicted molar refractivity (Wildman–Crippen MR) is 79.7 cm³/mol. The lowest BCUT2D eigenvalue weighted by atomic mass is 10.2. The van der Waals surface area contributed by atoms with Gasteiger partial charge in [0, 0.05) is 0 Å². The van der Waals surface area contributed by atoms with E-state index in [0.717, 1.165) is 11.6 Å². The van der Waals surface area contributed by atoms with Crippen LogP contribution in [0, 0.1) is 0 Å². The fourth-order valence-electron chi connectivity index (χ4n) is 1.51. The molecule has 0 spiro atoms. The van der Waals surface area contributed by atoms with Crippen LogP contribution in [0.1, 0.15) is 23.7 Å². The van der Waals surface area contributed by atoms with Crippen LogP contribution in [0.15, 0.2) is 48.8 Å². The Morgan fingerprint density at radius 3 is 2.32 bits per heavy atom. The molecule has 1 rings (SSSR count). The Bertz CT molecular complexity index is 443. The first kappa shape index (κ1) is 15.4. The lowest BCUT2D eigenvalue weighted by Gasteiger charge is -2.18. The molecule has 0 atom stereocenters. The SMILES string of the molecule is C=C[Si](C)(C=C)c1ccc(C(=O)OOCCC)cc1. The van der Waals surface area contributed by atoms with Gasteiger partial charge in [0.15, 0.2) is 0 Å². The summed E-state index contributed by atoms with van der Waals surface area (Å²) in [5.41, 5.74) is 4.39. The topological polar surface area (TPSA) is 35.5 Å². The number of hydrogen-bond donors (Lipinski definition) is 0. The molecule has 0 N–H and O–H groups in total. The molecule has 0 bridgehead atoms. The molecule has 0 amide bonds. The number of carbonyl (C=O) groups excluding carboxylic acids is 1. The van der Waals surface area contributed by atoms with Crippen molar-refractivity contribution in [3.63, 3.8) is 0 Å². The van der Waals surface area contributed by atoms with Gasteiger partial charge in [0.2, 0.25) is 0 Å². The maximum Gasteiger partial charge on any atom is 0.373 e. The zero-order chi connectivity index (χ0) is 14.3. The van der Waals surface area contributed by atoms with E-state index in [2.05, 4.69) is 24.6 Å². The molecule has 0 aliphatic rings. The van der Waals surface area contributed by atoms with Gasteiger partial charge in [-0.15, -0.1) is 13.2 Å². The third-order valence-corrected chi connectivity index (χ3v) is 6.29. The van der Waals surface area contributed by atoms with Crippen molar-refractivity contribution >= 4 is 19.2 Å². The third-order valence-electron chi connectivity index (χ3n) is 3.01. The first-order valence-electron chi connectivity index (χ1n) is 6.29. The summed E-state index contributed by atoms with van der Waals surface area (Å²) in [7, 11) is -1.82. The predicted octanol–water partition coefficient (Wildman–Crippen LogP) is 2.92. The van der Waals surface area contributed by atoms with Crippen molar-refractivity contribution in [2.24, 2.45) is 0 Å². The second kappa shape index (κ2) is 7.06. The molecule has 1 aromatic rings. The Balaban J connectivity index is 2.79. The molecule has 19 heavy (non-hydrogen) atoms. The van der Waals surface area contributed by atoms with E-state index in [4.69, 9.17) is 4.89 Å². The summed E-state index contributed by atoms with van der Waals surface area (Å²) in [6.45, 7) is 12.2. The molecule has 0 aliphatic heterocycles. The van der Waals surface area contributed by atoms with Crippen molar-refractivity contribution in [3.8, 4) is 0 Å². The summed E-state index contributed by atoms with van der Waals surface area (Å²) >= 11 is 0. The van der Waals surface area contributed by atoms with Gasteiger partial charge in [0.1, 0.15) is 8.07 Å². The van der Waals surface area contributed by atoms with Crippen LogP contribution in [0.25, 0.3) is 0 Å². The van der Waals surface area contributed by atoms with E-state index in [1.165, 1.54) is 0 Å². The summed E-state index contributed by atoms with van der Waals surface area (Å²) in [5.74, 6) is -0.472. The summed E-state index contributed by atoms with van der Waals surface area (Å²) in [5, 5.41) is 1.16. The monoisotopic (exact) mass is 276 g/mol. The maximum absolute atomic E-state index is 11.6. The van der Waals surface area contributed by atoms with Crippen LogP contribution in [-0.2, 0) is 9.78 Å². The third kappa shape index (κ3) is 3.91. The molecule has 0 aromatic heterocycles. The van der Waals surface area contributed by atoms with Crippen molar-refractivity contribution in [1.29, 1.82) is 0 Å². The quantitative estimate of drug-likeness (QED) is 0.332. The van der Waals surface area contributed by atoms with Crippen LogP contribution < -0.4 is 5.19 Å². The average molecular weight is 276 g/mol. The zero-order valence-electron chi connectivity index (χ0n) is 11.5. The normalized spacial score (nSPS) is 10.8. The van der Waals surface area contributed by atoms with Crippen molar-refractivity contribution in [3.05, 3.63) is 54.4 Å². The molecule has 0 aliphatic carbocycles. The van der Waals surface area contributed by atoms with Gasteiger partial charge in [-0.3, -0.25) is 4.89 Å². The lowest BCUT2D eigenvalue weighted by molar-refractivity contribution is -0.240. The average Bonchev–Trinajstić information content (AvgIpc) is 2.46. The van der Waals surface area contributed by atoms with Gasteiger partial charge in [0.25, 0.3) is 0 Å². The summed E-state index contributed by atoms with van der Waals surface area (Å²) in [6.07, 6.45) is 0.800. The molecule has 0 fully saturated rings. The van der Waals surface area contributed by atoms with E-state index in [1.807, 2.05) is 30.5 Å². The first-order valence-corrected chi connectivity index (χ1v) is 8.94. The van der Waals surface area contributed by atoms with Crippen molar-refractivity contribution in [2.75, 3.05) is 6.61 Å². The molecular weight excluding hydrogens is 256 g/mol. The molecule has 0 saturated carbocycles. The molecular formula is C15H20O3Si. The number of rotatable bonds is 7. The fraction of sp³-hybridized carbons (Fsp3) is 0.267. The second-order valence-corrected chi connectivity index (χ2v) is 8.42. The molecule has 0 radical (unpaired) electrons. The maximum atomic E-state index is 11.6. The highest BCUT2D eigenvalue weighted by Gasteiger charge is 2.22. The highest BCUT2D eigenvalue weighted by molar-refractivity contribution is 6.98. The highest BCUT2D eigenvalue weighted by Crippen LogP contribution is 2.08. The van der Waals surface area contributed by atoms with Crippen molar-refractivity contribution in [2.45, 2.75) is 19.9 Å². The fourth-order valence-corrected chi connectivity index (χ4v) is 3.03. The second-order valence-electron chi connectivity index (χ2n) is 4.46. The summed E-state index contributed by atoms with van der Waals surface area (Å²) in [4.78, 5) is 21.1. The Morgan fingerprint density at radius 2 is 1.84 bits per heavy atom. The Morgan fingerprint density at radius 1 is 1.26 bits per heavy atom. The van der Waals surface area contributed by atoms with Crippen LogP contribution >= 0.6 is 0 Å². The van der Waals surface area contributed by atoms with E-state index >= 15 is 0 Å².